The Morgan fingerprint density at radius 2 is 1.81 bits per heavy atom. The Labute approximate surface area is 158 Å². The summed E-state index contributed by atoms with van der Waals surface area (Å²) in [6.07, 6.45) is 1.80. The van der Waals surface area contributed by atoms with Gasteiger partial charge in [-0.3, -0.25) is 0 Å². The Kier molecular flexibility index (Phi) is 5.88. The van der Waals surface area contributed by atoms with Crippen molar-refractivity contribution < 1.29 is 14.2 Å². The summed E-state index contributed by atoms with van der Waals surface area (Å²) in [7, 11) is 4.99. The summed E-state index contributed by atoms with van der Waals surface area (Å²) in [5.74, 6) is 1.99. The molecule has 1 aromatic carbocycles. The summed E-state index contributed by atoms with van der Waals surface area (Å²) in [6.45, 7) is 4.92. The highest BCUT2D eigenvalue weighted by molar-refractivity contribution is 5.65. The van der Waals surface area contributed by atoms with Gasteiger partial charge in [0.05, 0.1) is 32.2 Å². The molecule has 8 nitrogen and oxygen atoms in total. The van der Waals surface area contributed by atoms with E-state index in [1.54, 1.807) is 32.0 Å². The van der Waals surface area contributed by atoms with Gasteiger partial charge < -0.3 is 19.5 Å². The molecule has 0 aliphatic rings. The molecule has 144 valence electrons. The van der Waals surface area contributed by atoms with Gasteiger partial charge in [-0.1, -0.05) is 6.07 Å². The summed E-state index contributed by atoms with van der Waals surface area (Å²) in [5, 5.41) is 7.80. The Balaban J connectivity index is 2.05. The number of nitrogens with one attached hydrogen (secondary N) is 1. The molecular formula is C19H25N5O3. The monoisotopic (exact) mass is 371 g/mol. The fourth-order valence-electron chi connectivity index (χ4n) is 3.02. The van der Waals surface area contributed by atoms with Crippen LogP contribution in [-0.4, -0.2) is 54.1 Å². The van der Waals surface area contributed by atoms with Crippen LogP contribution in [0.1, 0.15) is 22.9 Å². The molecule has 2 heterocycles. The molecule has 0 aliphatic carbocycles. The third-order valence-corrected chi connectivity index (χ3v) is 4.29. The molecule has 8 heteroatoms. The van der Waals surface area contributed by atoms with Crippen LogP contribution in [0.15, 0.2) is 24.4 Å². The number of fused-ring (bicyclic) bond motifs is 1. The van der Waals surface area contributed by atoms with Crippen LogP contribution in [0.4, 0.5) is 11.6 Å². The second-order valence-electron chi connectivity index (χ2n) is 6.37. The smallest absolute Gasteiger partial charge is 0.232 e. The van der Waals surface area contributed by atoms with E-state index < -0.39 is 0 Å². The van der Waals surface area contributed by atoms with Crippen molar-refractivity contribution in [3.05, 3.63) is 41.3 Å². The van der Waals surface area contributed by atoms with E-state index in [9.17, 15) is 0 Å². The first-order valence-electron chi connectivity index (χ1n) is 8.69. The van der Waals surface area contributed by atoms with E-state index in [4.69, 9.17) is 14.2 Å². The van der Waals surface area contributed by atoms with Crippen molar-refractivity contribution >= 4 is 17.3 Å². The van der Waals surface area contributed by atoms with E-state index in [1.165, 1.54) is 0 Å². The normalized spacial score (nSPS) is 11.3. The number of hydrogen-bond acceptors (Lipinski definition) is 7. The molecule has 0 saturated carbocycles. The summed E-state index contributed by atoms with van der Waals surface area (Å²) in [6, 6.07) is 5.94. The molecule has 1 N–H and O–H groups in total. The number of aryl methyl sites for hydroxylation is 2. The van der Waals surface area contributed by atoms with Gasteiger partial charge in [0, 0.05) is 25.7 Å². The molecule has 2 aromatic heterocycles. The molecule has 27 heavy (non-hydrogen) atoms. The fourth-order valence-corrected chi connectivity index (χ4v) is 3.02. The maximum atomic E-state index is 5.48. The quantitative estimate of drug-likeness (QED) is 0.652. The number of benzene rings is 1. The van der Waals surface area contributed by atoms with Gasteiger partial charge in [0.2, 0.25) is 5.95 Å². The molecule has 0 amide bonds. The van der Waals surface area contributed by atoms with Gasteiger partial charge in [-0.25, -0.2) is 4.98 Å². The Bertz CT molecular complexity index is 919. The maximum absolute atomic E-state index is 5.48. The van der Waals surface area contributed by atoms with Crippen LogP contribution < -0.4 is 10.1 Å². The van der Waals surface area contributed by atoms with E-state index in [2.05, 4.69) is 20.4 Å². The predicted molar refractivity (Wildman–Crippen MR) is 103 cm³/mol. The number of methoxy groups -OCH3 is 3. The summed E-state index contributed by atoms with van der Waals surface area (Å²) in [4.78, 5) is 9.11. The lowest BCUT2D eigenvalue weighted by Crippen LogP contribution is -2.13. The largest absolute Gasteiger partial charge is 0.495 e. The lowest BCUT2D eigenvalue weighted by atomic mass is 10.0. The number of rotatable bonds is 8. The molecule has 0 bridgehead atoms. The van der Waals surface area contributed by atoms with E-state index in [1.807, 2.05) is 32.0 Å². The van der Waals surface area contributed by atoms with Gasteiger partial charge in [-0.2, -0.15) is 14.6 Å². The van der Waals surface area contributed by atoms with Crippen molar-refractivity contribution in [3.63, 3.8) is 0 Å². The topological polar surface area (TPSA) is 82.8 Å². The molecular weight excluding hydrogens is 346 g/mol. The standard InChI is InChI=1S/C19H25N5O3/c1-12-6-7-16(17(8-12)27-5)23-19-22-13(2)21-18-15(9-20-24(18)19)14(10-25-3)11-26-4/h6-9,14H,10-11H2,1-5H3,(H,21,22,23). The zero-order valence-corrected chi connectivity index (χ0v) is 16.3. The van der Waals surface area contributed by atoms with Crippen molar-refractivity contribution in [1.82, 2.24) is 19.6 Å². The van der Waals surface area contributed by atoms with Crippen LogP contribution in [0.3, 0.4) is 0 Å². The van der Waals surface area contributed by atoms with Crippen LogP contribution in [0.5, 0.6) is 5.75 Å². The lowest BCUT2D eigenvalue weighted by molar-refractivity contribution is 0.117. The van der Waals surface area contributed by atoms with Gasteiger partial charge in [-0.15, -0.1) is 0 Å². The van der Waals surface area contributed by atoms with Crippen molar-refractivity contribution in [2.24, 2.45) is 0 Å². The first kappa shape index (κ1) is 19.1. The fraction of sp³-hybridized carbons (Fsp3) is 0.421. The minimum Gasteiger partial charge on any atom is -0.495 e. The summed E-state index contributed by atoms with van der Waals surface area (Å²) < 4.78 is 17.8. The highest BCUT2D eigenvalue weighted by Crippen LogP contribution is 2.29. The highest BCUT2D eigenvalue weighted by atomic mass is 16.5. The van der Waals surface area contributed by atoms with E-state index in [0.29, 0.717) is 25.0 Å². The molecule has 0 fully saturated rings. The van der Waals surface area contributed by atoms with E-state index >= 15 is 0 Å². The zero-order chi connectivity index (χ0) is 19.4. The van der Waals surface area contributed by atoms with Gasteiger partial charge in [0.25, 0.3) is 0 Å². The van der Waals surface area contributed by atoms with Crippen molar-refractivity contribution in [1.29, 1.82) is 0 Å². The Morgan fingerprint density at radius 1 is 1.07 bits per heavy atom. The van der Waals surface area contributed by atoms with Gasteiger partial charge in [0.1, 0.15) is 11.6 Å². The van der Waals surface area contributed by atoms with Crippen LogP contribution in [0, 0.1) is 13.8 Å². The number of ether oxygens (including phenoxy) is 3. The second kappa shape index (κ2) is 8.32. The summed E-state index contributed by atoms with van der Waals surface area (Å²) >= 11 is 0. The van der Waals surface area contributed by atoms with Crippen molar-refractivity contribution in [3.8, 4) is 5.75 Å². The van der Waals surface area contributed by atoms with Gasteiger partial charge in [0.15, 0.2) is 5.65 Å². The van der Waals surface area contributed by atoms with Crippen molar-refractivity contribution in [2.75, 3.05) is 39.9 Å². The number of aromatic nitrogens is 4. The number of anilines is 2. The maximum Gasteiger partial charge on any atom is 0.232 e. The molecule has 0 spiro atoms. The van der Waals surface area contributed by atoms with E-state index in [-0.39, 0.29) is 5.92 Å². The third-order valence-electron chi connectivity index (χ3n) is 4.29. The zero-order valence-electron chi connectivity index (χ0n) is 16.3. The molecule has 0 atom stereocenters. The molecule has 0 radical (unpaired) electrons. The van der Waals surface area contributed by atoms with Crippen molar-refractivity contribution in [2.45, 2.75) is 19.8 Å². The van der Waals surface area contributed by atoms with Gasteiger partial charge >= 0.3 is 0 Å². The van der Waals surface area contributed by atoms with Crippen LogP contribution in [0.2, 0.25) is 0 Å². The second-order valence-corrected chi connectivity index (χ2v) is 6.37. The van der Waals surface area contributed by atoms with Crippen LogP contribution in [0.25, 0.3) is 5.65 Å². The Morgan fingerprint density at radius 3 is 2.48 bits per heavy atom. The minimum absolute atomic E-state index is 0.0357. The van der Waals surface area contributed by atoms with Crippen LogP contribution >= 0.6 is 0 Å². The SMILES string of the molecule is COCC(COC)c1cnn2c(Nc3ccc(C)cc3OC)nc(C)nc12. The average Bonchev–Trinajstić information content (AvgIpc) is 3.06. The molecule has 0 unspecified atom stereocenters. The molecule has 0 saturated heterocycles. The highest BCUT2D eigenvalue weighted by Gasteiger charge is 2.20. The molecule has 0 aliphatic heterocycles. The Hall–Kier alpha value is -2.71. The van der Waals surface area contributed by atoms with Gasteiger partial charge in [-0.05, 0) is 31.5 Å². The first-order chi connectivity index (χ1) is 13.1. The molecule has 3 rings (SSSR count). The number of hydrogen-bond donors (Lipinski definition) is 1. The predicted octanol–water partition coefficient (Wildman–Crippen LogP) is 2.87. The average molecular weight is 371 g/mol. The van der Waals surface area contributed by atoms with Crippen LogP contribution in [-0.2, 0) is 9.47 Å². The van der Waals surface area contributed by atoms with E-state index in [0.717, 1.165) is 28.2 Å². The minimum atomic E-state index is 0.0357. The first-order valence-corrected chi connectivity index (χ1v) is 8.69. The molecule has 3 aromatic rings. The third kappa shape index (κ3) is 4.01. The number of nitrogens with zero attached hydrogens (tertiary/aromatic N) is 4. The summed E-state index contributed by atoms with van der Waals surface area (Å²) in [5.41, 5.74) is 3.62. The lowest BCUT2D eigenvalue weighted by Gasteiger charge is -2.15.